The third-order valence-corrected chi connectivity index (χ3v) is 5.20. The first-order valence-electron chi connectivity index (χ1n) is 9.75. The van der Waals surface area contributed by atoms with Crippen LogP contribution < -0.4 is 10.9 Å². The quantitative estimate of drug-likeness (QED) is 0.458. The normalized spacial score (nSPS) is 11.9. The average Bonchev–Trinajstić information content (AvgIpc) is 2.78. The molecule has 0 aliphatic rings. The van der Waals surface area contributed by atoms with E-state index >= 15 is 0 Å². The zero-order valence-corrected chi connectivity index (χ0v) is 17.8. The minimum absolute atomic E-state index is 0.0248. The van der Waals surface area contributed by atoms with Gasteiger partial charge in [-0.05, 0) is 48.9 Å². The number of anilines is 2. The van der Waals surface area contributed by atoms with Crippen molar-refractivity contribution in [3.8, 4) is 11.3 Å². The number of aryl methyl sites for hydroxylation is 1. The molecular formula is C23H19ClFN5O2. The fraction of sp³-hybridized carbons (Fsp3) is 0.130. The molecule has 32 heavy (non-hydrogen) atoms. The van der Waals surface area contributed by atoms with E-state index in [1.165, 1.54) is 22.8 Å². The molecule has 1 atom stereocenters. The first kappa shape index (κ1) is 21.6. The maximum atomic E-state index is 13.9. The number of hydrogen-bond acceptors (Lipinski definition) is 6. The van der Waals surface area contributed by atoms with Crippen molar-refractivity contribution in [2.75, 3.05) is 11.9 Å². The molecule has 2 N–H and O–H groups in total. The Bertz CT molecular complexity index is 1330. The fourth-order valence-electron chi connectivity index (χ4n) is 3.31. The van der Waals surface area contributed by atoms with E-state index in [9.17, 15) is 14.3 Å². The van der Waals surface area contributed by atoms with Gasteiger partial charge in [0, 0.05) is 41.6 Å². The second kappa shape index (κ2) is 9.25. The summed E-state index contributed by atoms with van der Waals surface area (Å²) >= 11 is 5.74. The molecule has 0 saturated heterocycles. The summed E-state index contributed by atoms with van der Waals surface area (Å²) in [6.07, 6.45) is 4.83. The van der Waals surface area contributed by atoms with Gasteiger partial charge in [0.2, 0.25) is 5.95 Å². The molecule has 1 aromatic carbocycles. The van der Waals surface area contributed by atoms with Gasteiger partial charge in [-0.1, -0.05) is 17.7 Å². The maximum Gasteiger partial charge on any atom is 0.251 e. The van der Waals surface area contributed by atoms with Gasteiger partial charge in [0.25, 0.3) is 5.56 Å². The van der Waals surface area contributed by atoms with Gasteiger partial charge in [0.1, 0.15) is 5.82 Å². The van der Waals surface area contributed by atoms with Crippen molar-refractivity contribution in [2.45, 2.75) is 13.0 Å². The van der Waals surface area contributed by atoms with Crippen molar-refractivity contribution in [3.05, 3.63) is 99.6 Å². The Morgan fingerprint density at radius 2 is 1.94 bits per heavy atom. The number of halogens is 2. The zero-order chi connectivity index (χ0) is 22.7. The Labute approximate surface area is 188 Å². The van der Waals surface area contributed by atoms with Crippen molar-refractivity contribution in [1.29, 1.82) is 0 Å². The number of pyridine rings is 2. The van der Waals surface area contributed by atoms with Crippen LogP contribution >= 0.6 is 11.6 Å². The number of hydrogen-bond donors (Lipinski definition) is 2. The summed E-state index contributed by atoms with van der Waals surface area (Å²) in [5.74, 6) is -0.236. The molecule has 1 unspecified atom stereocenters. The summed E-state index contributed by atoms with van der Waals surface area (Å²) < 4.78 is 15.2. The summed E-state index contributed by atoms with van der Waals surface area (Å²) in [5, 5.41) is 12.9. The third-order valence-electron chi connectivity index (χ3n) is 4.89. The van der Waals surface area contributed by atoms with Gasteiger partial charge < -0.3 is 15.0 Å². The van der Waals surface area contributed by atoms with E-state index in [4.69, 9.17) is 11.6 Å². The average molecular weight is 452 g/mol. The summed E-state index contributed by atoms with van der Waals surface area (Å²) in [7, 11) is 0. The molecule has 9 heteroatoms. The smallest absolute Gasteiger partial charge is 0.251 e. The van der Waals surface area contributed by atoms with Crippen LogP contribution in [0.3, 0.4) is 0 Å². The molecule has 0 amide bonds. The van der Waals surface area contributed by atoms with Crippen LogP contribution in [0.2, 0.25) is 5.02 Å². The largest absolute Gasteiger partial charge is 0.394 e. The van der Waals surface area contributed by atoms with Crippen LogP contribution in [0.15, 0.2) is 71.9 Å². The molecule has 0 saturated carbocycles. The lowest BCUT2D eigenvalue weighted by molar-refractivity contribution is 0.247. The molecule has 3 heterocycles. The van der Waals surface area contributed by atoms with Crippen LogP contribution in [-0.2, 0) is 0 Å². The maximum absolute atomic E-state index is 13.9. The second-order valence-electron chi connectivity index (χ2n) is 7.11. The number of aromatic nitrogens is 4. The van der Waals surface area contributed by atoms with Crippen LogP contribution in [0.25, 0.3) is 11.3 Å². The Balaban J connectivity index is 1.63. The van der Waals surface area contributed by atoms with Crippen molar-refractivity contribution >= 4 is 23.2 Å². The zero-order valence-electron chi connectivity index (χ0n) is 17.0. The summed E-state index contributed by atoms with van der Waals surface area (Å²) in [4.78, 5) is 25.7. The molecule has 0 radical (unpaired) electrons. The highest BCUT2D eigenvalue weighted by atomic mass is 35.5. The van der Waals surface area contributed by atoms with Crippen LogP contribution in [0.1, 0.15) is 17.3 Å². The van der Waals surface area contributed by atoms with Gasteiger partial charge in [0.15, 0.2) is 0 Å². The van der Waals surface area contributed by atoms with Crippen molar-refractivity contribution < 1.29 is 9.50 Å². The van der Waals surface area contributed by atoms with Gasteiger partial charge in [-0.2, -0.15) is 0 Å². The lowest BCUT2D eigenvalue weighted by atomic mass is 10.1. The van der Waals surface area contributed by atoms with E-state index in [1.807, 2.05) is 13.0 Å². The molecule has 7 nitrogen and oxygen atoms in total. The highest BCUT2D eigenvalue weighted by Crippen LogP contribution is 2.23. The molecule has 0 aliphatic heterocycles. The standard InChI is InChI=1S/C23H19ClFN5O2/c1-14-10-17(4-7-26-14)28-23-27-8-5-20(29-23)15-6-9-30(22(32)12-15)21(13-31)16-2-3-18(24)19(25)11-16/h2-12,21,31H,13H2,1H3,(H,26,27,28,29). The highest BCUT2D eigenvalue weighted by molar-refractivity contribution is 6.30. The molecule has 162 valence electrons. The number of benzene rings is 1. The van der Waals surface area contributed by atoms with E-state index in [0.717, 1.165) is 11.4 Å². The minimum atomic E-state index is -0.749. The van der Waals surface area contributed by atoms with E-state index in [2.05, 4.69) is 20.3 Å². The predicted octanol–water partition coefficient (Wildman–Crippen LogP) is 4.13. The van der Waals surface area contributed by atoms with Gasteiger partial charge in [-0.15, -0.1) is 0 Å². The molecule has 0 aliphatic carbocycles. The molecule has 3 aromatic heterocycles. The van der Waals surface area contributed by atoms with E-state index in [1.54, 1.807) is 42.9 Å². The second-order valence-corrected chi connectivity index (χ2v) is 7.52. The first-order chi connectivity index (χ1) is 15.4. The molecular weight excluding hydrogens is 433 g/mol. The Morgan fingerprint density at radius 1 is 1.12 bits per heavy atom. The van der Waals surface area contributed by atoms with Gasteiger partial charge in [0.05, 0.1) is 23.4 Å². The van der Waals surface area contributed by atoms with Crippen LogP contribution in [0, 0.1) is 12.7 Å². The van der Waals surface area contributed by atoms with E-state index < -0.39 is 11.9 Å². The number of nitrogens with one attached hydrogen (secondary N) is 1. The van der Waals surface area contributed by atoms with Crippen LogP contribution in [0.4, 0.5) is 16.0 Å². The lowest BCUT2D eigenvalue weighted by Crippen LogP contribution is -2.27. The minimum Gasteiger partial charge on any atom is -0.394 e. The molecule has 0 bridgehead atoms. The monoisotopic (exact) mass is 451 g/mol. The molecule has 4 aromatic rings. The van der Waals surface area contributed by atoms with Gasteiger partial charge in [-0.25, -0.2) is 14.4 Å². The summed E-state index contributed by atoms with van der Waals surface area (Å²) in [5.41, 5.74) is 2.86. The van der Waals surface area contributed by atoms with Gasteiger partial charge in [-0.3, -0.25) is 9.78 Å². The van der Waals surface area contributed by atoms with Crippen molar-refractivity contribution in [3.63, 3.8) is 0 Å². The van der Waals surface area contributed by atoms with Crippen LogP contribution in [0.5, 0.6) is 0 Å². The fourth-order valence-corrected chi connectivity index (χ4v) is 3.43. The number of aliphatic hydroxyl groups excluding tert-OH is 1. The van der Waals surface area contributed by atoms with Crippen molar-refractivity contribution in [2.24, 2.45) is 0 Å². The number of nitrogens with zero attached hydrogens (tertiary/aromatic N) is 4. The van der Waals surface area contributed by atoms with E-state index in [-0.39, 0.29) is 17.2 Å². The Hall–Kier alpha value is -3.62. The number of aliphatic hydroxyl groups is 1. The third kappa shape index (κ3) is 4.66. The van der Waals surface area contributed by atoms with Crippen molar-refractivity contribution in [1.82, 2.24) is 19.5 Å². The van der Waals surface area contributed by atoms with E-state index in [0.29, 0.717) is 22.8 Å². The Morgan fingerprint density at radius 3 is 2.66 bits per heavy atom. The summed E-state index contributed by atoms with van der Waals surface area (Å²) in [6, 6.07) is 11.9. The number of rotatable bonds is 6. The summed E-state index contributed by atoms with van der Waals surface area (Å²) in [6.45, 7) is 1.50. The molecule has 4 rings (SSSR count). The lowest BCUT2D eigenvalue weighted by Gasteiger charge is -2.18. The topological polar surface area (TPSA) is 92.9 Å². The SMILES string of the molecule is Cc1cc(Nc2nccc(-c3ccn(C(CO)c4ccc(Cl)c(F)c4)c(=O)c3)n2)ccn1. The van der Waals surface area contributed by atoms with Gasteiger partial charge >= 0.3 is 0 Å². The highest BCUT2D eigenvalue weighted by Gasteiger charge is 2.16. The van der Waals surface area contributed by atoms with Crippen LogP contribution in [-0.4, -0.2) is 31.2 Å². The molecule has 0 fully saturated rings. The predicted molar refractivity (Wildman–Crippen MR) is 121 cm³/mol. The first-order valence-corrected chi connectivity index (χ1v) is 10.1. The Kier molecular flexibility index (Phi) is 6.25. The molecule has 0 spiro atoms.